The van der Waals surface area contributed by atoms with Gasteiger partial charge >= 0.3 is 0 Å². The van der Waals surface area contributed by atoms with E-state index < -0.39 is 0 Å². The summed E-state index contributed by atoms with van der Waals surface area (Å²) in [5.41, 5.74) is 2.95. The Hall–Kier alpha value is -2.27. The van der Waals surface area contributed by atoms with Crippen LogP contribution in [0.2, 0.25) is 0 Å². The lowest BCUT2D eigenvalue weighted by Gasteiger charge is -2.21. The highest BCUT2D eigenvalue weighted by atomic mass is 32.2. The zero-order valence-corrected chi connectivity index (χ0v) is 12.0. The number of amides is 1. The molecule has 4 nitrogen and oxygen atoms in total. The smallest absolute Gasteiger partial charge is 0.240 e. The number of anilines is 1. The number of H-pyrrole nitrogens is 1. The lowest BCUT2D eigenvalue weighted by Crippen LogP contribution is -2.28. The van der Waals surface area contributed by atoms with E-state index in [4.69, 9.17) is 0 Å². The molecule has 104 valence electrons. The summed E-state index contributed by atoms with van der Waals surface area (Å²) >= 11 is 1.63. The van der Waals surface area contributed by atoms with Gasteiger partial charge in [0, 0.05) is 0 Å². The van der Waals surface area contributed by atoms with Crippen LogP contribution in [-0.4, -0.2) is 21.6 Å². The molecule has 1 N–H and O–H groups in total. The Balaban J connectivity index is 1.78. The van der Waals surface area contributed by atoms with Crippen molar-refractivity contribution in [2.75, 3.05) is 10.7 Å². The van der Waals surface area contributed by atoms with Gasteiger partial charge < -0.3 is 4.98 Å². The van der Waals surface area contributed by atoms with Gasteiger partial charge in [0.1, 0.15) is 5.37 Å². The summed E-state index contributed by atoms with van der Waals surface area (Å²) in [7, 11) is 0. The number of thioether (sulfide) groups is 1. The van der Waals surface area contributed by atoms with Crippen molar-refractivity contribution in [3.05, 3.63) is 60.2 Å². The highest BCUT2D eigenvalue weighted by Gasteiger charge is 2.35. The molecule has 0 bridgehead atoms. The average molecular weight is 295 g/mol. The number of hydrogen-bond acceptors (Lipinski definition) is 3. The number of nitrogens with zero attached hydrogens (tertiary/aromatic N) is 2. The second kappa shape index (κ2) is 4.93. The van der Waals surface area contributed by atoms with E-state index in [1.807, 2.05) is 54.6 Å². The van der Waals surface area contributed by atoms with E-state index in [-0.39, 0.29) is 11.3 Å². The van der Waals surface area contributed by atoms with Crippen LogP contribution in [-0.2, 0) is 4.79 Å². The molecule has 2 aromatic carbocycles. The number of hydrogen-bond donors (Lipinski definition) is 1. The number of aromatic amines is 1. The Kier molecular flexibility index (Phi) is 2.93. The largest absolute Gasteiger partial charge is 0.324 e. The molecule has 1 saturated heterocycles. The molecule has 2 heterocycles. The standard InChI is InChI=1S/C16H13N3OS/c20-14-10-21-15(11-6-2-1-3-7-11)19(14)16-17-12-8-4-5-9-13(12)18-16/h1-9,15H,10H2,(H,17,18). The van der Waals surface area contributed by atoms with Crippen LogP contribution in [0.3, 0.4) is 0 Å². The first-order chi connectivity index (χ1) is 10.3. The van der Waals surface area contributed by atoms with E-state index in [2.05, 4.69) is 9.97 Å². The molecule has 1 unspecified atom stereocenters. The van der Waals surface area contributed by atoms with E-state index in [1.54, 1.807) is 16.7 Å². The molecule has 1 aliphatic rings. The number of nitrogens with one attached hydrogen (secondary N) is 1. The van der Waals surface area contributed by atoms with Gasteiger partial charge in [-0.15, -0.1) is 11.8 Å². The van der Waals surface area contributed by atoms with Crippen molar-refractivity contribution in [1.29, 1.82) is 0 Å². The molecule has 1 amide bonds. The van der Waals surface area contributed by atoms with E-state index in [0.717, 1.165) is 16.6 Å². The van der Waals surface area contributed by atoms with Crippen molar-refractivity contribution in [3.63, 3.8) is 0 Å². The maximum Gasteiger partial charge on any atom is 0.240 e. The lowest BCUT2D eigenvalue weighted by molar-refractivity contribution is -0.115. The number of aromatic nitrogens is 2. The first-order valence-electron chi connectivity index (χ1n) is 6.76. The third-order valence-corrected chi connectivity index (χ3v) is 4.77. The first-order valence-corrected chi connectivity index (χ1v) is 7.81. The van der Waals surface area contributed by atoms with Crippen molar-refractivity contribution < 1.29 is 4.79 Å². The molecular weight excluding hydrogens is 282 g/mol. The summed E-state index contributed by atoms with van der Waals surface area (Å²) in [5, 5.41) is -0.0146. The van der Waals surface area contributed by atoms with Crippen LogP contribution in [0.5, 0.6) is 0 Å². The summed E-state index contributed by atoms with van der Waals surface area (Å²) in [4.78, 5) is 21.8. The number of carbonyl (C=O) groups excluding carboxylic acids is 1. The number of fused-ring (bicyclic) bond motifs is 1. The minimum absolute atomic E-state index is 0.0146. The molecule has 5 heteroatoms. The van der Waals surface area contributed by atoms with Crippen LogP contribution in [0.4, 0.5) is 5.95 Å². The van der Waals surface area contributed by atoms with Crippen LogP contribution in [0.25, 0.3) is 11.0 Å². The van der Waals surface area contributed by atoms with Gasteiger partial charge in [-0.1, -0.05) is 42.5 Å². The molecule has 1 aliphatic heterocycles. The van der Waals surface area contributed by atoms with Gasteiger partial charge in [0.15, 0.2) is 0 Å². The number of carbonyl (C=O) groups is 1. The predicted octanol–water partition coefficient (Wildman–Crippen LogP) is 3.34. The lowest BCUT2D eigenvalue weighted by atomic mass is 10.2. The van der Waals surface area contributed by atoms with Gasteiger partial charge in [-0.3, -0.25) is 9.69 Å². The van der Waals surface area contributed by atoms with Crippen molar-refractivity contribution in [2.45, 2.75) is 5.37 Å². The van der Waals surface area contributed by atoms with Gasteiger partial charge in [-0.2, -0.15) is 0 Å². The topological polar surface area (TPSA) is 49.0 Å². The van der Waals surface area contributed by atoms with Crippen molar-refractivity contribution >= 4 is 34.7 Å². The first kappa shape index (κ1) is 12.5. The van der Waals surface area contributed by atoms with E-state index in [1.165, 1.54) is 0 Å². The van der Waals surface area contributed by atoms with Crippen molar-refractivity contribution in [1.82, 2.24) is 9.97 Å². The molecule has 1 aromatic heterocycles. The van der Waals surface area contributed by atoms with Crippen LogP contribution in [0.1, 0.15) is 10.9 Å². The van der Waals surface area contributed by atoms with Gasteiger partial charge in [0.25, 0.3) is 0 Å². The van der Waals surface area contributed by atoms with Crippen LogP contribution in [0, 0.1) is 0 Å². The van der Waals surface area contributed by atoms with Gasteiger partial charge in [0.2, 0.25) is 11.9 Å². The normalized spacial score (nSPS) is 18.6. The number of rotatable bonds is 2. The fourth-order valence-corrected chi connectivity index (χ4v) is 3.73. The molecule has 3 aromatic rings. The van der Waals surface area contributed by atoms with Gasteiger partial charge in [-0.25, -0.2) is 4.98 Å². The monoisotopic (exact) mass is 295 g/mol. The summed E-state index contributed by atoms with van der Waals surface area (Å²) in [6.07, 6.45) is 0. The van der Waals surface area contributed by atoms with Crippen LogP contribution < -0.4 is 4.90 Å². The SMILES string of the molecule is O=C1CSC(c2ccccc2)N1c1nc2ccccc2[nH]1. The fraction of sp³-hybridized carbons (Fsp3) is 0.125. The second-order valence-corrected chi connectivity index (χ2v) is 5.98. The fourth-order valence-electron chi connectivity index (χ4n) is 2.57. The second-order valence-electron chi connectivity index (χ2n) is 4.92. The Labute approximate surface area is 126 Å². The average Bonchev–Trinajstić information content (AvgIpc) is 3.11. The zero-order valence-electron chi connectivity index (χ0n) is 11.2. The third kappa shape index (κ3) is 2.10. The van der Waals surface area contributed by atoms with Gasteiger partial charge in [0.05, 0.1) is 16.8 Å². The van der Waals surface area contributed by atoms with Crippen molar-refractivity contribution in [2.24, 2.45) is 0 Å². The third-order valence-electron chi connectivity index (χ3n) is 3.56. The van der Waals surface area contributed by atoms with Crippen molar-refractivity contribution in [3.8, 4) is 0 Å². The highest BCUT2D eigenvalue weighted by Crippen LogP contribution is 2.40. The minimum Gasteiger partial charge on any atom is -0.324 e. The molecule has 0 spiro atoms. The molecule has 1 fully saturated rings. The Morgan fingerprint density at radius 1 is 1.10 bits per heavy atom. The molecule has 0 saturated carbocycles. The molecular formula is C16H13N3OS. The highest BCUT2D eigenvalue weighted by molar-refractivity contribution is 8.00. The summed E-state index contributed by atoms with van der Waals surface area (Å²) in [5.74, 6) is 1.20. The Bertz CT molecular complexity index is 766. The molecule has 1 atom stereocenters. The number of benzene rings is 2. The zero-order chi connectivity index (χ0) is 14.2. The molecule has 21 heavy (non-hydrogen) atoms. The quantitative estimate of drug-likeness (QED) is 0.789. The minimum atomic E-state index is -0.0146. The van der Waals surface area contributed by atoms with E-state index >= 15 is 0 Å². The maximum absolute atomic E-state index is 12.3. The summed E-state index contributed by atoms with van der Waals surface area (Å²) in [6.45, 7) is 0. The maximum atomic E-state index is 12.3. The number of para-hydroxylation sites is 2. The summed E-state index contributed by atoms with van der Waals surface area (Å²) in [6, 6.07) is 17.9. The molecule has 4 rings (SSSR count). The molecule has 0 aliphatic carbocycles. The molecule has 0 radical (unpaired) electrons. The summed E-state index contributed by atoms with van der Waals surface area (Å²) < 4.78 is 0. The van der Waals surface area contributed by atoms with Gasteiger partial charge in [-0.05, 0) is 17.7 Å². The number of imidazole rings is 1. The van der Waals surface area contributed by atoms with Crippen LogP contribution >= 0.6 is 11.8 Å². The van der Waals surface area contributed by atoms with E-state index in [9.17, 15) is 4.79 Å². The van der Waals surface area contributed by atoms with Crippen LogP contribution in [0.15, 0.2) is 54.6 Å². The van der Waals surface area contributed by atoms with E-state index in [0.29, 0.717) is 11.7 Å². The Morgan fingerprint density at radius 2 is 1.86 bits per heavy atom. The Morgan fingerprint density at radius 3 is 2.67 bits per heavy atom. The predicted molar refractivity (Wildman–Crippen MR) is 85.2 cm³/mol.